The van der Waals surface area contributed by atoms with Gasteiger partial charge in [-0.2, -0.15) is 0 Å². The fourth-order valence-corrected chi connectivity index (χ4v) is 19.6. The second-order valence-corrected chi connectivity index (χ2v) is 16.6. The quantitative estimate of drug-likeness (QED) is 0.425. The molecule has 0 aromatic heterocycles. The van der Waals surface area contributed by atoms with Gasteiger partial charge in [0.2, 0.25) is 0 Å². The molecule has 0 spiro atoms. The summed E-state index contributed by atoms with van der Waals surface area (Å²) in [5.41, 5.74) is 3.90. The van der Waals surface area contributed by atoms with Crippen LogP contribution in [0.15, 0.2) is 0 Å². The van der Waals surface area contributed by atoms with E-state index in [0.29, 0.717) is 0 Å². The van der Waals surface area contributed by atoms with Crippen LogP contribution in [0, 0.1) is 0 Å². The molecule has 158 valence electrons. The van der Waals surface area contributed by atoms with Crippen LogP contribution in [-0.4, -0.2) is 29.7 Å². The van der Waals surface area contributed by atoms with Gasteiger partial charge >= 0.3 is 170 Å². The molecule has 4 rings (SSSR count). The third kappa shape index (κ3) is 3.36. The zero-order valence-electron chi connectivity index (χ0n) is 18.3. The monoisotopic (exact) mass is 394 g/mol. The Morgan fingerprint density at radius 3 is 0.815 bits per heavy atom. The minimum absolute atomic E-state index is 0.976. The molecule has 0 bridgehead atoms. The number of hydrogen-bond acceptors (Lipinski definition) is 1. The molecule has 0 unspecified atom stereocenters. The van der Waals surface area contributed by atoms with E-state index in [1.165, 1.54) is 128 Å². The molecular weight excluding hydrogens is 347 g/mol. The summed E-state index contributed by atoms with van der Waals surface area (Å²) in [5, 5.41) is 0. The van der Waals surface area contributed by atoms with E-state index in [2.05, 4.69) is 7.11 Å². The normalized spacial score (nSPS) is 30.0. The molecular formula is C25H47OP. The van der Waals surface area contributed by atoms with Crippen molar-refractivity contribution in [1.29, 1.82) is 0 Å². The average Bonchev–Trinajstić information content (AvgIpc) is 2.78. The molecule has 4 saturated carbocycles. The summed E-state index contributed by atoms with van der Waals surface area (Å²) in [5.74, 6) is 0. The van der Waals surface area contributed by atoms with E-state index in [4.69, 9.17) is 4.52 Å². The van der Waals surface area contributed by atoms with Crippen LogP contribution in [0.5, 0.6) is 0 Å². The van der Waals surface area contributed by atoms with Gasteiger partial charge in [-0.05, 0) is 0 Å². The third-order valence-electron chi connectivity index (χ3n) is 9.85. The van der Waals surface area contributed by atoms with Crippen LogP contribution in [0.1, 0.15) is 128 Å². The van der Waals surface area contributed by atoms with Crippen LogP contribution >= 0.6 is 6.83 Å². The Kier molecular flexibility index (Phi) is 6.91. The molecule has 0 N–H and O–H groups in total. The standard InChI is InChI=1S/C25H47OP/c1-26-27(22-14-6-2-7-15-22,23-16-8-3-9-17-23,24-18-10-4-11-19-24)25-20-12-5-13-21-25/h22-25H,2-21H2,1H3. The van der Waals surface area contributed by atoms with Gasteiger partial charge in [-0.25, -0.2) is 0 Å². The second kappa shape index (κ2) is 9.04. The van der Waals surface area contributed by atoms with Crippen molar-refractivity contribution in [3.05, 3.63) is 0 Å². The molecule has 0 atom stereocenters. The molecule has 0 radical (unpaired) electrons. The minimum atomic E-state index is -2.23. The third-order valence-corrected chi connectivity index (χ3v) is 19.0. The molecule has 0 heterocycles. The second-order valence-electron chi connectivity index (χ2n) is 10.7. The first-order valence-corrected chi connectivity index (χ1v) is 15.3. The molecule has 0 amide bonds. The summed E-state index contributed by atoms with van der Waals surface area (Å²) < 4.78 is 7.41. The van der Waals surface area contributed by atoms with Gasteiger partial charge in [0, 0.05) is 0 Å². The van der Waals surface area contributed by atoms with Crippen molar-refractivity contribution in [2.75, 3.05) is 7.11 Å². The Bertz CT molecular complexity index is 367. The Hall–Kier alpha value is 0.390. The fraction of sp³-hybridized carbons (Fsp3) is 1.00. The maximum atomic E-state index is 7.41. The van der Waals surface area contributed by atoms with Crippen LogP contribution in [0.2, 0.25) is 0 Å². The summed E-state index contributed by atoms with van der Waals surface area (Å²) in [6.45, 7) is -2.23. The Morgan fingerprint density at radius 1 is 0.407 bits per heavy atom. The molecule has 1 nitrogen and oxygen atoms in total. The van der Waals surface area contributed by atoms with Crippen LogP contribution in [0.25, 0.3) is 0 Å². The number of hydrogen-bond donors (Lipinski definition) is 0. The summed E-state index contributed by atoms with van der Waals surface area (Å²) in [4.78, 5) is 0. The van der Waals surface area contributed by atoms with Crippen LogP contribution in [0.3, 0.4) is 0 Å². The Labute approximate surface area is 169 Å². The molecule has 4 aliphatic carbocycles. The zero-order valence-corrected chi connectivity index (χ0v) is 19.2. The Balaban J connectivity index is 1.84. The zero-order chi connectivity index (χ0) is 18.6. The van der Waals surface area contributed by atoms with Crippen molar-refractivity contribution in [2.24, 2.45) is 0 Å². The van der Waals surface area contributed by atoms with Gasteiger partial charge < -0.3 is 0 Å². The molecule has 4 aliphatic rings. The van der Waals surface area contributed by atoms with E-state index in [0.717, 1.165) is 22.6 Å². The first kappa shape index (κ1) is 20.7. The van der Waals surface area contributed by atoms with Crippen LogP contribution in [-0.2, 0) is 4.52 Å². The van der Waals surface area contributed by atoms with Gasteiger partial charge in [0.15, 0.2) is 0 Å². The van der Waals surface area contributed by atoms with Gasteiger partial charge in [0.25, 0.3) is 0 Å². The SMILES string of the molecule is COP(C1CCCCC1)(C1CCCCC1)(C1CCCCC1)C1CCCCC1. The molecule has 0 aromatic rings. The Morgan fingerprint density at radius 2 is 0.630 bits per heavy atom. The molecule has 0 saturated heterocycles. The van der Waals surface area contributed by atoms with Crippen LogP contribution in [0.4, 0.5) is 0 Å². The summed E-state index contributed by atoms with van der Waals surface area (Å²) in [6.07, 6.45) is 30.1. The van der Waals surface area contributed by atoms with Crippen molar-refractivity contribution >= 4 is 6.83 Å². The number of rotatable bonds is 5. The van der Waals surface area contributed by atoms with E-state index >= 15 is 0 Å². The van der Waals surface area contributed by atoms with Crippen molar-refractivity contribution in [2.45, 2.75) is 151 Å². The summed E-state index contributed by atoms with van der Waals surface area (Å²) in [6, 6.07) is 0. The van der Waals surface area contributed by atoms with E-state index in [1.807, 2.05) is 0 Å². The predicted molar refractivity (Wildman–Crippen MR) is 121 cm³/mol. The van der Waals surface area contributed by atoms with E-state index < -0.39 is 6.83 Å². The van der Waals surface area contributed by atoms with Gasteiger partial charge in [0.1, 0.15) is 0 Å². The predicted octanol–water partition coefficient (Wildman–Crippen LogP) is 8.43. The average molecular weight is 395 g/mol. The molecule has 4 fully saturated rings. The van der Waals surface area contributed by atoms with Crippen molar-refractivity contribution < 1.29 is 4.52 Å². The van der Waals surface area contributed by atoms with Gasteiger partial charge in [-0.15, -0.1) is 0 Å². The van der Waals surface area contributed by atoms with Gasteiger partial charge in [-0.1, -0.05) is 0 Å². The molecule has 0 aromatic carbocycles. The molecule has 2 heteroatoms. The van der Waals surface area contributed by atoms with E-state index in [-0.39, 0.29) is 0 Å². The maximum absolute atomic E-state index is 7.41. The van der Waals surface area contributed by atoms with E-state index in [9.17, 15) is 0 Å². The first-order chi connectivity index (χ1) is 13.3. The van der Waals surface area contributed by atoms with Gasteiger partial charge in [-0.3, -0.25) is 0 Å². The molecule has 0 aliphatic heterocycles. The summed E-state index contributed by atoms with van der Waals surface area (Å²) >= 11 is 0. The topological polar surface area (TPSA) is 9.23 Å². The van der Waals surface area contributed by atoms with Crippen molar-refractivity contribution in [3.63, 3.8) is 0 Å². The molecule has 27 heavy (non-hydrogen) atoms. The first-order valence-electron chi connectivity index (χ1n) is 12.9. The van der Waals surface area contributed by atoms with Crippen LogP contribution < -0.4 is 0 Å². The van der Waals surface area contributed by atoms with Crippen molar-refractivity contribution in [1.82, 2.24) is 0 Å². The van der Waals surface area contributed by atoms with E-state index in [1.54, 1.807) is 0 Å². The summed E-state index contributed by atoms with van der Waals surface area (Å²) in [7, 11) is 2.25. The van der Waals surface area contributed by atoms with Crippen molar-refractivity contribution in [3.8, 4) is 0 Å². The van der Waals surface area contributed by atoms with Gasteiger partial charge in [0.05, 0.1) is 0 Å². The fourth-order valence-electron chi connectivity index (χ4n) is 8.92.